The first-order valence-corrected chi connectivity index (χ1v) is 7.95. The summed E-state index contributed by atoms with van der Waals surface area (Å²) in [5, 5.41) is 8.31. The fraction of sp³-hybridized carbons (Fsp3) is 0.211. The van der Waals surface area contributed by atoms with Crippen LogP contribution in [-0.2, 0) is 11.3 Å². The molecule has 128 valence electrons. The molecule has 6 heteroatoms. The molecule has 0 atom stereocenters. The van der Waals surface area contributed by atoms with Gasteiger partial charge in [0, 0.05) is 19.8 Å². The van der Waals surface area contributed by atoms with E-state index in [1.54, 1.807) is 23.7 Å². The highest BCUT2D eigenvalue weighted by Crippen LogP contribution is 2.19. The summed E-state index contributed by atoms with van der Waals surface area (Å²) in [6.45, 7) is 2.25. The van der Waals surface area contributed by atoms with Crippen LogP contribution >= 0.6 is 0 Å². The third-order valence-electron chi connectivity index (χ3n) is 3.94. The minimum atomic E-state index is -0.225. The second-order valence-corrected chi connectivity index (χ2v) is 5.77. The van der Waals surface area contributed by atoms with E-state index >= 15 is 0 Å². The Kier molecular flexibility index (Phi) is 4.90. The number of aromatic nitrogens is 3. The summed E-state index contributed by atoms with van der Waals surface area (Å²) in [7, 11) is 3.31. The lowest BCUT2D eigenvalue weighted by Gasteiger charge is -2.16. The van der Waals surface area contributed by atoms with Gasteiger partial charge in [0.1, 0.15) is 5.69 Å². The average molecular weight is 336 g/mol. The molecule has 0 aliphatic heterocycles. The van der Waals surface area contributed by atoms with Crippen molar-refractivity contribution in [1.82, 2.24) is 15.0 Å². The minimum Gasteiger partial charge on any atom is -0.378 e. The van der Waals surface area contributed by atoms with Crippen LogP contribution < -0.4 is 4.90 Å². The lowest BCUT2D eigenvalue weighted by molar-refractivity contribution is 0.0983. The molecule has 0 unspecified atom stereocenters. The number of carbonyl (C=O) groups is 1. The number of amides is 1. The van der Waals surface area contributed by atoms with Crippen molar-refractivity contribution in [2.24, 2.45) is 0 Å². The first kappa shape index (κ1) is 16.9. The molecule has 3 aromatic rings. The fourth-order valence-electron chi connectivity index (χ4n) is 2.63. The van der Waals surface area contributed by atoms with Crippen molar-refractivity contribution in [2.45, 2.75) is 13.5 Å². The van der Waals surface area contributed by atoms with Crippen molar-refractivity contribution in [3.8, 4) is 5.69 Å². The molecular weight excluding hydrogens is 316 g/mol. The maximum atomic E-state index is 12.9. The summed E-state index contributed by atoms with van der Waals surface area (Å²) in [4.78, 5) is 14.5. The fourth-order valence-corrected chi connectivity index (χ4v) is 2.63. The second-order valence-electron chi connectivity index (χ2n) is 5.77. The predicted octanol–water partition coefficient (Wildman–Crippen LogP) is 3.00. The smallest absolute Gasteiger partial charge is 0.280 e. The molecule has 1 aromatic heterocycles. The SMILES string of the molecule is COCc1c(C(=O)N(C)c2ccccc2)nnn1-c1cccc(C)c1. The van der Waals surface area contributed by atoms with E-state index in [0.717, 1.165) is 16.9 Å². The van der Waals surface area contributed by atoms with Crippen LogP contribution in [0.3, 0.4) is 0 Å². The molecule has 0 bridgehead atoms. The monoisotopic (exact) mass is 336 g/mol. The first-order valence-electron chi connectivity index (χ1n) is 7.95. The van der Waals surface area contributed by atoms with Gasteiger partial charge >= 0.3 is 0 Å². The van der Waals surface area contributed by atoms with Crippen LogP contribution in [0.25, 0.3) is 5.69 Å². The van der Waals surface area contributed by atoms with Gasteiger partial charge in [0.25, 0.3) is 5.91 Å². The summed E-state index contributed by atoms with van der Waals surface area (Å²) in [5.74, 6) is -0.225. The number of nitrogens with zero attached hydrogens (tertiary/aromatic N) is 4. The number of methoxy groups -OCH3 is 1. The Hall–Kier alpha value is -2.99. The van der Waals surface area contributed by atoms with Crippen LogP contribution in [-0.4, -0.2) is 35.1 Å². The molecule has 0 saturated heterocycles. The van der Waals surface area contributed by atoms with E-state index in [2.05, 4.69) is 10.3 Å². The van der Waals surface area contributed by atoms with Crippen LogP contribution in [0.5, 0.6) is 0 Å². The van der Waals surface area contributed by atoms with Gasteiger partial charge in [-0.25, -0.2) is 4.68 Å². The van der Waals surface area contributed by atoms with Crippen LogP contribution in [0.15, 0.2) is 54.6 Å². The minimum absolute atomic E-state index is 0.225. The van der Waals surface area contributed by atoms with E-state index in [-0.39, 0.29) is 18.2 Å². The molecular formula is C19H20N4O2. The molecule has 25 heavy (non-hydrogen) atoms. The normalized spacial score (nSPS) is 10.7. The van der Waals surface area contributed by atoms with Gasteiger partial charge < -0.3 is 9.64 Å². The van der Waals surface area contributed by atoms with Gasteiger partial charge in [-0.05, 0) is 36.8 Å². The van der Waals surface area contributed by atoms with E-state index in [1.807, 2.05) is 61.5 Å². The summed E-state index contributed by atoms with van der Waals surface area (Å²) in [6.07, 6.45) is 0. The Morgan fingerprint density at radius 3 is 2.60 bits per heavy atom. The number of aryl methyl sites for hydroxylation is 1. The van der Waals surface area contributed by atoms with Crippen molar-refractivity contribution < 1.29 is 9.53 Å². The molecule has 2 aromatic carbocycles. The zero-order valence-electron chi connectivity index (χ0n) is 14.5. The lowest BCUT2D eigenvalue weighted by atomic mass is 10.2. The summed E-state index contributed by atoms with van der Waals surface area (Å²) in [5.41, 5.74) is 3.66. The Morgan fingerprint density at radius 1 is 1.16 bits per heavy atom. The molecule has 0 aliphatic rings. The molecule has 0 saturated carbocycles. The van der Waals surface area contributed by atoms with Crippen molar-refractivity contribution in [3.05, 3.63) is 71.5 Å². The molecule has 0 radical (unpaired) electrons. The highest BCUT2D eigenvalue weighted by atomic mass is 16.5. The maximum absolute atomic E-state index is 12.9. The number of hydrogen-bond acceptors (Lipinski definition) is 4. The Morgan fingerprint density at radius 2 is 1.92 bits per heavy atom. The number of carbonyl (C=O) groups excluding carboxylic acids is 1. The largest absolute Gasteiger partial charge is 0.378 e. The molecule has 0 fully saturated rings. The number of anilines is 1. The third-order valence-corrected chi connectivity index (χ3v) is 3.94. The van der Waals surface area contributed by atoms with Crippen LogP contribution in [0, 0.1) is 6.92 Å². The van der Waals surface area contributed by atoms with E-state index < -0.39 is 0 Å². The van der Waals surface area contributed by atoms with Crippen LogP contribution in [0.4, 0.5) is 5.69 Å². The molecule has 0 N–H and O–H groups in total. The molecule has 0 spiro atoms. The number of ether oxygens (including phenoxy) is 1. The molecule has 0 aliphatic carbocycles. The van der Waals surface area contributed by atoms with Crippen molar-refractivity contribution >= 4 is 11.6 Å². The first-order chi connectivity index (χ1) is 12.1. The topological polar surface area (TPSA) is 60.2 Å². The van der Waals surface area contributed by atoms with Crippen molar-refractivity contribution in [3.63, 3.8) is 0 Å². The van der Waals surface area contributed by atoms with E-state index in [1.165, 1.54) is 0 Å². The van der Waals surface area contributed by atoms with Gasteiger partial charge in [-0.2, -0.15) is 0 Å². The van der Waals surface area contributed by atoms with Crippen LogP contribution in [0.1, 0.15) is 21.7 Å². The van der Waals surface area contributed by atoms with Gasteiger partial charge in [-0.15, -0.1) is 5.10 Å². The van der Waals surface area contributed by atoms with E-state index in [9.17, 15) is 4.79 Å². The lowest BCUT2D eigenvalue weighted by Crippen LogP contribution is -2.27. The standard InChI is InChI=1S/C19H20N4O2/c1-14-8-7-11-16(12-14)23-17(13-25-3)18(20-21-23)19(24)22(2)15-9-5-4-6-10-15/h4-12H,13H2,1-3H3. The average Bonchev–Trinajstić information content (AvgIpc) is 3.05. The van der Waals surface area contributed by atoms with Crippen LogP contribution in [0.2, 0.25) is 0 Å². The van der Waals surface area contributed by atoms with E-state index in [4.69, 9.17) is 4.74 Å². The summed E-state index contributed by atoms with van der Waals surface area (Å²) in [6, 6.07) is 17.3. The molecule has 1 amide bonds. The number of hydrogen-bond donors (Lipinski definition) is 0. The summed E-state index contributed by atoms with van der Waals surface area (Å²) >= 11 is 0. The molecule has 6 nitrogen and oxygen atoms in total. The molecule has 3 rings (SSSR count). The van der Waals surface area contributed by atoms with E-state index in [0.29, 0.717) is 5.69 Å². The number of rotatable bonds is 5. The van der Waals surface area contributed by atoms with Gasteiger partial charge in [0.15, 0.2) is 5.69 Å². The zero-order valence-corrected chi connectivity index (χ0v) is 14.5. The highest BCUT2D eigenvalue weighted by molar-refractivity contribution is 6.05. The number of benzene rings is 2. The second kappa shape index (κ2) is 7.27. The van der Waals surface area contributed by atoms with Gasteiger partial charge in [-0.1, -0.05) is 35.5 Å². The van der Waals surface area contributed by atoms with Gasteiger partial charge in [0.2, 0.25) is 0 Å². The quantitative estimate of drug-likeness (QED) is 0.719. The molecule has 1 heterocycles. The van der Waals surface area contributed by atoms with Crippen molar-refractivity contribution in [2.75, 3.05) is 19.1 Å². The van der Waals surface area contributed by atoms with Gasteiger partial charge in [0.05, 0.1) is 12.3 Å². The zero-order chi connectivity index (χ0) is 17.8. The summed E-state index contributed by atoms with van der Waals surface area (Å²) < 4.78 is 6.94. The third kappa shape index (κ3) is 3.44. The Bertz CT molecular complexity index is 874. The highest BCUT2D eigenvalue weighted by Gasteiger charge is 2.24. The van der Waals surface area contributed by atoms with Crippen molar-refractivity contribution in [1.29, 1.82) is 0 Å². The maximum Gasteiger partial charge on any atom is 0.280 e. The van der Waals surface area contributed by atoms with Gasteiger partial charge in [-0.3, -0.25) is 4.79 Å². The Labute approximate surface area is 146 Å². The Balaban J connectivity index is 2.01. The number of para-hydroxylation sites is 1. The predicted molar refractivity (Wildman–Crippen MR) is 96.0 cm³/mol.